The maximum Gasteiger partial charge on any atom is 0.246 e. The molecule has 0 aliphatic carbocycles. The molecular weight excluding hydrogens is 396 g/mol. The van der Waals surface area contributed by atoms with Crippen molar-refractivity contribution in [3.8, 4) is 0 Å². The molecule has 0 saturated carbocycles. The molecule has 0 unspecified atom stereocenters. The zero-order valence-electron chi connectivity index (χ0n) is 17.7. The van der Waals surface area contributed by atoms with E-state index in [9.17, 15) is 9.59 Å². The fraction of sp³-hybridized carbons (Fsp3) is 0.417. The van der Waals surface area contributed by atoms with Crippen molar-refractivity contribution < 1.29 is 14.0 Å². The first-order chi connectivity index (χ1) is 14.5. The van der Waals surface area contributed by atoms with Crippen LogP contribution >= 0.6 is 11.8 Å². The fourth-order valence-electron chi connectivity index (χ4n) is 3.47. The Hall–Kier alpha value is -2.47. The monoisotopic (exact) mass is 426 g/mol. The zero-order chi connectivity index (χ0) is 21.3. The Morgan fingerprint density at radius 2 is 1.93 bits per heavy atom. The molecule has 160 valence electrons. The van der Waals surface area contributed by atoms with Gasteiger partial charge in [-0.3, -0.25) is 9.59 Å². The highest BCUT2D eigenvalue weighted by Gasteiger charge is 2.22. The number of furan rings is 1. The lowest BCUT2D eigenvalue weighted by molar-refractivity contribution is -0.127. The third kappa shape index (κ3) is 7.10. The molecule has 6 heteroatoms. The minimum atomic E-state index is 0.00737. The summed E-state index contributed by atoms with van der Waals surface area (Å²) in [5.41, 5.74) is 1.03. The van der Waals surface area contributed by atoms with E-state index in [1.165, 1.54) is 4.90 Å². The number of likely N-dealkylation sites (tertiary alicyclic amines) is 1. The molecule has 3 rings (SSSR count). The Balaban J connectivity index is 1.36. The quantitative estimate of drug-likeness (QED) is 0.502. The lowest BCUT2D eigenvalue weighted by Crippen LogP contribution is -2.41. The first-order valence-corrected chi connectivity index (χ1v) is 11.4. The molecule has 1 saturated heterocycles. The van der Waals surface area contributed by atoms with E-state index in [-0.39, 0.29) is 11.8 Å². The van der Waals surface area contributed by atoms with Crippen molar-refractivity contribution in [2.24, 2.45) is 5.92 Å². The highest BCUT2D eigenvalue weighted by molar-refractivity contribution is 7.99. The Morgan fingerprint density at radius 1 is 1.20 bits per heavy atom. The molecule has 1 aliphatic rings. The van der Waals surface area contributed by atoms with E-state index in [1.807, 2.05) is 34.9 Å². The summed E-state index contributed by atoms with van der Waals surface area (Å²) in [6.45, 7) is 6.45. The van der Waals surface area contributed by atoms with Gasteiger partial charge in [0.1, 0.15) is 5.76 Å². The van der Waals surface area contributed by atoms with Crippen LogP contribution in [-0.4, -0.2) is 41.6 Å². The van der Waals surface area contributed by atoms with E-state index in [2.05, 4.69) is 31.3 Å². The summed E-state index contributed by atoms with van der Waals surface area (Å²) in [7, 11) is 0. The van der Waals surface area contributed by atoms with Crippen LogP contribution in [0.25, 0.3) is 6.08 Å². The number of benzene rings is 1. The molecule has 1 aromatic heterocycles. The van der Waals surface area contributed by atoms with E-state index < -0.39 is 0 Å². The zero-order valence-corrected chi connectivity index (χ0v) is 18.5. The Morgan fingerprint density at radius 3 is 2.57 bits per heavy atom. The van der Waals surface area contributed by atoms with Crippen molar-refractivity contribution >= 4 is 29.7 Å². The number of hydrogen-bond acceptors (Lipinski definition) is 4. The molecule has 0 atom stereocenters. The van der Waals surface area contributed by atoms with Crippen molar-refractivity contribution in [3.05, 3.63) is 60.1 Å². The van der Waals surface area contributed by atoms with E-state index in [0.717, 1.165) is 31.5 Å². The number of piperidine rings is 1. The minimum Gasteiger partial charge on any atom is -0.465 e. The van der Waals surface area contributed by atoms with Crippen LogP contribution in [0, 0.1) is 5.92 Å². The second-order valence-corrected chi connectivity index (χ2v) is 9.56. The van der Waals surface area contributed by atoms with Crippen molar-refractivity contribution in [1.82, 2.24) is 10.2 Å². The molecule has 2 heterocycles. The van der Waals surface area contributed by atoms with Gasteiger partial charge in [0.25, 0.3) is 0 Å². The Kier molecular flexibility index (Phi) is 8.20. The first kappa shape index (κ1) is 22.2. The molecule has 0 spiro atoms. The van der Waals surface area contributed by atoms with Crippen LogP contribution in [0.1, 0.15) is 38.0 Å². The van der Waals surface area contributed by atoms with E-state index in [0.29, 0.717) is 29.9 Å². The Bertz CT molecular complexity index is 836. The number of amides is 2. The van der Waals surface area contributed by atoms with Gasteiger partial charge in [-0.1, -0.05) is 26.0 Å². The van der Waals surface area contributed by atoms with Crippen molar-refractivity contribution in [1.29, 1.82) is 0 Å². The molecule has 2 aromatic rings. The van der Waals surface area contributed by atoms with Gasteiger partial charge in [-0.05, 0) is 54.7 Å². The number of carbonyl (C=O) groups excluding carboxylic acids is 2. The summed E-state index contributed by atoms with van der Waals surface area (Å²) in [6, 6.07) is 11.8. The summed E-state index contributed by atoms with van der Waals surface area (Å²) < 4.78 is 5.21. The van der Waals surface area contributed by atoms with Gasteiger partial charge in [0, 0.05) is 35.9 Å². The standard InChI is InChI=1S/C24H30N2O3S/c1-18(2)30-22-8-5-19(6-9-22)16-23(27)25-17-20-11-13-26(14-12-20)24(28)10-7-21-4-3-15-29-21/h3-10,15,18,20H,11-14,16-17H2,1-2H3,(H,25,27)/b10-7+. The lowest BCUT2D eigenvalue weighted by atomic mass is 9.96. The summed E-state index contributed by atoms with van der Waals surface area (Å²) >= 11 is 1.82. The van der Waals surface area contributed by atoms with E-state index in [4.69, 9.17) is 4.42 Å². The van der Waals surface area contributed by atoms with Gasteiger partial charge in [0.2, 0.25) is 11.8 Å². The SMILES string of the molecule is CC(C)Sc1ccc(CC(=O)NCC2CCN(C(=O)/C=C/c3ccco3)CC2)cc1. The molecule has 30 heavy (non-hydrogen) atoms. The predicted molar refractivity (Wildman–Crippen MR) is 121 cm³/mol. The smallest absolute Gasteiger partial charge is 0.246 e. The van der Waals surface area contributed by atoms with E-state index >= 15 is 0 Å². The average molecular weight is 427 g/mol. The topological polar surface area (TPSA) is 62.6 Å². The molecule has 1 N–H and O–H groups in total. The van der Waals surface area contributed by atoms with Crippen LogP contribution < -0.4 is 5.32 Å². The molecule has 1 aliphatic heterocycles. The summed E-state index contributed by atoms with van der Waals surface area (Å²) in [6.07, 6.45) is 7.06. The van der Waals surface area contributed by atoms with Crippen molar-refractivity contribution in [2.75, 3.05) is 19.6 Å². The third-order valence-electron chi connectivity index (χ3n) is 5.11. The summed E-state index contributed by atoms with van der Waals surface area (Å²) in [5.74, 6) is 1.15. The lowest BCUT2D eigenvalue weighted by Gasteiger charge is -2.31. The summed E-state index contributed by atoms with van der Waals surface area (Å²) in [4.78, 5) is 27.7. The van der Waals surface area contributed by atoms with Gasteiger partial charge < -0.3 is 14.6 Å². The van der Waals surface area contributed by atoms with Crippen LogP contribution in [0.4, 0.5) is 0 Å². The molecule has 0 bridgehead atoms. The normalized spacial score (nSPS) is 15.1. The Labute approximate surface area is 182 Å². The first-order valence-electron chi connectivity index (χ1n) is 10.5. The van der Waals surface area contributed by atoms with Crippen LogP contribution in [-0.2, 0) is 16.0 Å². The second-order valence-electron chi connectivity index (χ2n) is 7.91. The minimum absolute atomic E-state index is 0.00737. The number of thioether (sulfide) groups is 1. The van der Waals surface area contributed by atoms with Crippen LogP contribution in [0.2, 0.25) is 0 Å². The van der Waals surface area contributed by atoms with E-state index in [1.54, 1.807) is 24.5 Å². The number of carbonyl (C=O) groups is 2. The number of nitrogens with zero attached hydrogens (tertiary/aromatic N) is 1. The highest BCUT2D eigenvalue weighted by atomic mass is 32.2. The number of nitrogens with one attached hydrogen (secondary N) is 1. The van der Waals surface area contributed by atoms with Crippen molar-refractivity contribution in [2.45, 2.75) is 43.3 Å². The van der Waals surface area contributed by atoms with Gasteiger partial charge in [0.15, 0.2) is 0 Å². The second kappa shape index (κ2) is 11.1. The fourth-order valence-corrected chi connectivity index (χ4v) is 4.30. The molecule has 1 aromatic carbocycles. The highest BCUT2D eigenvalue weighted by Crippen LogP contribution is 2.23. The van der Waals surface area contributed by atoms with Gasteiger partial charge in [-0.2, -0.15) is 0 Å². The van der Waals surface area contributed by atoms with Gasteiger partial charge >= 0.3 is 0 Å². The largest absolute Gasteiger partial charge is 0.465 e. The number of hydrogen-bond donors (Lipinski definition) is 1. The number of rotatable bonds is 8. The molecule has 2 amide bonds. The third-order valence-corrected chi connectivity index (χ3v) is 6.12. The molecule has 0 radical (unpaired) electrons. The van der Waals surface area contributed by atoms with Crippen LogP contribution in [0.3, 0.4) is 0 Å². The van der Waals surface area contributed by atoms with Gasteiger partial charge in [0.05, 0.1) is 12.7 Å². The maximum absolute atomic E-state index is 12.3. The average Bonchev–Trinajstić information content (AvgIpc) is 3.26. The van der Waals surface area contributed by atoms with Crippen LogP contribution in [0.5, 0.6) is 0 Å². The molecule has 5 nitrogen and oxygen atoms in total. The van der Waals surface area contributed by atoms with Gasteiger partial charge in [-0.25, -0.2) is 0 Å². The maximum atomic E-state index is 12.3. The predicted octanol–water partition coefficient (Wildman–Crippen LogP) is 4.39. The molecule has 1 fully saturated rings. The van der Waals surface area contributed by atoms with Crippen LogP contribution in [0.15, 0.2) is 58.1 Å². The molecular formula is C24H30N2O3S. The summed E-state index contributed by atoms with van der Waals surface area (Å²) in [5, 5.41) is 3.61. The van der Waals surface area contributed by atoms with Crippen molar-refractivity contribution in [3.63, 3.8) is 0 Å². The van der Waals surface area contributed by atoms with Gasteiger partial charge in [-0.15, -0.1) is 11.8 Å².